The molecule has 122 valence electrons. The van der Waals surface area contributed by atoms with E-state index in [4.69, 9.17) is 4.74 Å². The van der Waals surface area contributed by atoms with E-state index in [-0.39, 0.29) is 0 Å². The number of fused-ring (bicyclic) bond motifs is 1. The molecule has 0 unspecified atom stereocenters. The van der Waals surface area contributed by atoms with Gasteiger partial charge in [-0.25, -0.2) is 0 Å². The molecule has 2 aliphatic rings. The molecule has 1 aliphatic heterocycles. The van der Waals surface area contributed by atoms with E-state index in [1.54, 1.807) is 12.4 Å². The zero-order chi connectivity index (χ0) is 15.5. The molecule has 5 heteroatoms. The van der Waals surface area contributed by atoms with Crippen molar-refractivity contribution in [2.45, 2.75) is 50.7 Å². The van der Waals surface area contributed by atoms with Gasteiger partial charge in [0.05, 0.1) is 24.5 Å². The lowest BCUT2D eigenvalue weighted by atomic mass is 10.1. The standard InChI is InChI=1S/C18H24N4O/c1-2-5-15(4-1)21-13-16-7-10-20-22(16)17(14-21)8-11-23-18-6-3-9-19-12-18/h3,6-7,9-10,12,15,17H,1-2,4-5,8,11,13-14H2/t17-/m1/s1. The summed E-state index contributed by atoms with van der Waals surface area (Å²) in [4.78, 5) is 6.76. The monoisotopic (exact) mass is 312 g/mol. The quantitative estimate of drug-likeness (QED) is 0.851. The van der Waals surface area contributed by atoms with Gasteiger partial charge in [-0.15, -0.1) is 0 Å². The molecule has 1 aliphatic carbocycles. The highest BCUT2D eigenvalue weighted by Gasteiger charge is 2.31. The fraction of sp³-hybridized carbons (Fsp3) is 0.556. The van der Waals surface area contributed by atoms with Crippen molar-refractivity contribution < 1.29 is 4.74 Å². The van der Waals surface area contributed by atoms with Crippen molar-refractivity contribution in [3.05, 3.63) is 42.5 Å². The molecular weight excluding hydrogens is 288 g/mol. The third-order valence-corrected chi connectivity index (χ3v) is 5.10. The van der Waals surface area contributed by atoms with Gasteiger partial charge < -0.3 is 4.74 Å². The Morgan fingerprint density at radius 3 is 2.91 bits per heavy atom. The number of pyridine rings is 1. The minimum Gasteiger partial charge on any atom is -0.492 e. The van der Waals surface area contributed by atoms with Crippen molar-refractivity contribution in [3.8, 4) is 5.75 Å². The van der Waals surface area contributed by atoms with E-state index in [0.717, 1.165) is 31.3 Å². The third-order valence-electron chi connectivity index (χ3n) is 5.10. The second-order valence-corrected chi connectivity index (χ2v) is 6.61. The van der Waals surface area contributed by atoms with E-state index in [9.17, 15) is 0 Å². The normalized spacial score (nSPS) is 22.2. The number of hydrogen-bond acceptors (Lipinski definition) is 4. The predicted molar refractivity (Wildman–Crippen MR) is 88.3 cm³/mol. The first kappa shape index (κ1) is 14.7. The van der Waals surface area contributed by atoms with Crippen LogP contribution in [0, 0.1) is 0 Å². The Hall–Kier alpha value is -1.88. The lowest BCUT2D eigenvalue weighted by Crippen LogP contribution is -2.43. The minimum atomic E-state index is 0.408. The van der Waals surface area contributed by atoms with Crippen LogP contribution in [0.2, 0.25) is 0 Å². The molecule has 0 N–H and O–H groups in total. The molecular formula is C18H24N4O. The molecule has 0 spiro atoms. The largest absolute Gasteiger partial charge is 0.492 e. The summed E-state index contributed by atoms with van der Waals surface area (Å²) in [5.41, 5.74) is 1.34. The van der Waals surface area contributed by atoms with Gasteiger partial charge in [-0.2, -0.15) is 5.10 Å². The first-order valence-electron chi connectivity index (χ1n) is 8.69. The highest BCUT2D eigenvalue weighted by atomic mass is 16.5. The summed E-state index contributed by atoms with van der Waals surface area (Å²) in [6.45, 7) is 2.84. The fourth-order valence-electron chi connectivity index (χ4n) is 3.92. The van der Waals surface area contributed by atoms with Crippen LogP contribution in [0.15, 0.2) is 36.8 Å². The smallest absolute Gasteiger partial charge is 0.137 e. The molecule has 0 aromatic carbocycles. The van der Waals surface area contributed by atoms with E-state index >= 15 is 0 Å². The summed E-state index contributed by atoms with van der Waals surface area (Å²) in [6, 6.07) is 7.20. The van der Waals surface area contributed by atoms with E-state index < -0.39 is 0 Å². The van der Waals surface area contributed by atoms with E-state index in [2.05, 4.69) is 25.7 Å². The average molecular weight is 312 g/mol. The molecule has 2 aromatic heterocycles. The van der Waals surface area contributed by atoms with Gasteiger partial charge in [-0.1, -0.05) is 12.8 Å². The number of nitrogens with zero attached hydrogens (tertiary/aromatic N) is 4. The van der Waals surface area contributed by atoms with Crippen LogP contribution in [-0.2, 0) is 6.54 Å². The van der Waals surface area contributed by atoms with Crippen LogP contribution in [0.5, 0.6) is 5.75 Å². The molecule has 0 amide bonds. The summed E-state index contributed by atoms with van der Waals surface area (Å²) in [5, 5.41) is 4.55. The van der Waals surface area contributed by atoms with Gasteiger partial charge in [0.1, 0.15) is 5.75 Å². The molecule has 4 rings (SSSR count). The zero-order valence-electron chi connectivity index (χ0n) is 13.5. The fourth-order valence-corrected chi connectivity index (χ4v) is 3.92. The number of aromatic nitrogens is 3. The molecule has 0 saturated heterocycles. The van der Waals surface area contributed by atoms with Crippen LogP contribution in [0.1, 0.15) is 43.8 Å². The summed E-state index contributed by atoms with van der Waals surface area (Å²) >= 11 is 0. The SMILES string of the molecule is c1cncc(OCC[C@@H]2CN(C3CCCC3)Cc3ccnn32)c1. The second kappa shape index (κ2) is 6.71. The third kappa shape index (κ3) is 3.24. The molecule has 3 heterocycles. The van der Waals surface area contributed by atoms with Crippen molar-refractivity contribution in [2.75, 3.05) is 13.2 Å². The molecule has 0 bridgehead atoms. The van der Waals surface area contributed by atoms with E-state index in [1.165, 1.54) is 31.4 Å². The van der Waals surface area contributed by atoms with Crippen molar-refractivity contribution in [1.29, 1.82) is 0 Å². The topological polar surface area (TPSA) is 43.2 Å². The van der Waals surface area contributed by atoms with Gasteiger partial charge in [-0.3, -0.25) is 14.6 Å². The molecule has 0 radical (unpaired) electrons. The summed E-state index contributed by atoms with van der Waals surface area (Å²) in [6.07, 6.45) is 11.9. The van der Waals surface area contributed by atoms with Crippen LogP contribution >= 0.6 is 0 Å². The lowest BCUT2D eigenvalue weighted by molar-refractivity contribution is 0.112. The molecule has 1 saturated carbocycles. The molecule has 2 aromatic rings. The Morgan fingerprint density at radius 1 is 1.17 bits per heavy atom. The Bertz CT molecular complexity index is 621. The Balaban J connectivity index is 1.40. The highest BCUT2D eigenvalue weighted by Crippen LogP contribution is 2.30. The maximum absolute atomic E-state index is 5.84. The summed E-state index contributed by atoms with van der Waals surface area (Å²) in [5.74, 6) is 0.844. The van der Waals surface area contributed by atoms with Gasteiger partial charge in [0.25, 0.3) is 0 Å². The zero-order valence-corrected chi connectivity index (χ0v) is 13.5. The molecule has 23 heavy (non-hydrogen) atoms. The first-order valence-corrected chi connectivity index (χ1v) is 8.69. The predicted octanol–water partition coefficient (Wildman–Crippen LogP) is 3.05. The van der Waals surface area contributed by atoms with Crippen LogP contribution in [0.25, 0.3) is 0 Å². The number of hydrogen-bond donors (Lipinski definition) is 0. The van der Waals surface area contributed by atoms with Crippen LogP contribution in [0.3, 0.4) is 0 Å². The number of ether oxygens (including phenoxy) is 1. The van der Waals surface area contributed by atoms with Crippen molar-refractivity contribution in [1.82, 2.24) is 19.7 Å². The highest BCUT2D eigenvalue weighted by molar-refractivity contribution is 5.15. The van der Waals surface area contributed by atoms with E-state index in [1.807, 2.05) is 18.3 Å². The summed E-state index contributed by atoms with van der Waals surface area (Å²) in [7, 11) is 0. The van der Waals surface area contributed by atoms with Crippen molar-refractivity contribution in [2.24, 2.45) is 0 Å². The molecule has 1 atom stereocenters. The van der Waals surface area contributed by atoms with Crippen LogP contribution < -0.4 is 4.74 Å². The van der Waals surface area contributed by atoms with Crippen LogP contribution in [0.4, 0.5) is 0 Å². The molecule has 5 nitrogen and oxygen atoms in total. The molecule has 1 fully saturated rings. The Kier molecular flexibility index (Phi) is 4.28. The van der Waals surface area contributed by atoms with Gasteiger partial charge in [0, 0.05) is 37.9 Å². The van der Waals surface area contributed by atoms with Gasteiger partial charge >= 0.3 is 0 Å². The van der Waals surface area contributed by atoms with Crippen molar-refractivity contribution >= 4 is 0 Å². The first-order chi connectivity index (χ1) is 11.4. The van der Waals surface area contributed by atoms with Gasteiger partial charge in [0.15, 0.2) is 0 Å². The van der Waals surface area contributed by atoms with E-state index in [0.29, 0.717) is 12.6 Å². The van der Waals surface area contributed by atoms with Crippen molar-refractivity contribution in [3.63, 3.8) is 0 Å². The van der Waals surface area contributed by atoms with Gasteiger partial charge in [0.2, 0.25) is 0 Å². The Labute approximate surface area is 137 Å². The van der Waals surface area contributed by atoms with Crippen LogP contribution in [-0.4, -0.2) is 38.9 Å². The Morgan fingerprint density at radius 2 is 2.09 bits per heavy atom. The lowest BCUT2D eigenvalue weighted by Gasteiger charge is -2.37. The minimum absolute atomic E-state index is 0.408. The summed E-state index contributed by atoms with van der Waals surface area (Å²) < 4.78 is 8.05. The van der Waals surface area contributed by atoms with Gasteiger partial charge in [-0.05, 0) is 31.0 Å². The number of rotatable bonds is 5. The maximum atomic E-state index is 5.84. The average Bonchev–Trinajstić information content (AvgIpc) is 3.27. The second-order valence-electron chi connectivity index (χ2n) is 6.61. The maximum Gasteiger partial charge on any atom is 0.137 e.